The van der Waals surface area contributed by atoms with Crippen LogP contribution in [-0.2, 0) is 28.6 Å². The number of allylic oxidation sites excluding steroid dienone is 14. The number of hydrogen-bond acceptors (Lipinski definition) is 6. The lowest BCUT2D eigenvalue weighted by atomic mass is 10.1. The van der Waals surface area contributed by atoms with Crippen molar-refractivity contribution in [2.24, 2.45) is 0 Å². The SMILES string of the molecule is CC/C=C/C/C=C/C/C=C/C/C=C/CCCCCC(=O)OC(COCCC(C(=O)O)[N+](C)(C)C)COC(=O)CCC/C=C/C/C=C/C/C=C/CC. The summed E-state index contributed by atoms with van der Waals surface area (Å²) in [6, 6.07) is -0.631. The first-order valence-corrected chi connectivity index (χ1v) is 19.1. The lowest BCUT2D eigenvalue weighted by Crippen LogP contribution is -2.50. The summed E-state index contributed by atoms with van der Waals surface area (Å²) in [4.78, 5) is 36.7. The van der Waals surface area contributed by atoms with Crippen molar-refractivity contribution in [2.45, 2.75) is 129 Å². The van der Waals surface area contributed by atoms with E-state index >= 15 is 0 Å². The monoisotopic (exact) mass is 713 g/mol. The van der Waals surface area contributed by atoms with Crippen LogP contribution in [0.4, 0.5) is 0 Å². The van der Waals surface area contributed by atoms with Gasteiger partial charge in [-0.1, -0.05) is 105 Å². The van der Waals surface area contributed by atoms with Crippen molar-refractivity contribution in [2.75, 3.05) is 41.0 Å². The molecule has 0 fully saturated rings. The van der Waals surface area contributed by atoms with Gasteiger partial charge in [0.25, 0.3) is 0 Å². The number of carbonyl (C=O) groups excluding carboxylic acids is 2. The van der Waals surface area contributed by atoms with E-state index in [4.69, 9.17) is 14.2 Å². The molecular formula is C43H70NO7+. The number of quaternary nitrogens is 1. The summed E-state index contributed by atoms with van der Waals surface area (Å²) in [5.41, 5.74) is 0. The van der Waals surface area contributed by atoms with Gasteiger partial charge in [-0.25, -0.2) is 4.79 Å². The van der Waals surface area contributed by atoms with Crippen molar-refractivity contribution >= 4 is 17.9 Å². The Morgan fingerprint density at radius 2 is 1.06 bits per heavy atom. The Balaban J connectivity index is 4.57. The van der Waals surface area contributed by atoms with Gasteiger partial charge in [-0.3, -0.25) is 9.59 Å². The predicted octanol–water partition coefficient (Wildman–Crippen LogP) is 9.79. The zero-order valence-corrected chi connectivity index (χ0v) is 32.5. The number of nitrogens with zero attached hydrogens (tertiary/aromatic N) is 1. The smallest absolute Gasteiger partial charge is 0.362 e. The zero-order chi connectivity index (χ0) is 37.8. The molecule has 0 heterocycles. The molecule has 8 nitrogen and oxygen atoms in total. The van der Waals surface area contributed by atoms with Crippen molar-refractivity contribution < 1.29 is 38.2 Å². The van der Waals surface area contributed by atoms with Crippen LogP contribution in [0.25, 0.3) is 0 Å². The van der Waals surface area contributed by atoms with E-state index in [0.717, 1.165) is 70.6 Å². The Kier molecular flexibility index (Phi) is 31.3. The lowest BCUT2D eigenvalue weighted by molar-refractivity contribution is -0.887. The number of rotatable bonds is 32. The molecule has 0 saturated heterocycles. The number of likely N-dealkylation sites (N-methyl/N-ethyl adjacent to an activating group) is 1. The van der Waals surface area contributed by atoms with Crippen LogP contribution >= 0.6 is 0 Å². The molecule has 2 unspecified atom stereocenters. The molecular weight excluding hydrogens is 642 g/mol. The maximum Gasteiger partial charge on any atom is 0.362 e. The quantitative estimate of drug-likeness (QED) is 0.0321. The second kappa shape index (κ2) is 33.6. The Bertz CT molecular complexity index is 1110. The number of hydrogen-bond donors (Lipinski definition) is 1. The van der Waals surface area contributed by atoms with Crippen LogP contribution in [0, 0.1) is 0 Å². The minimum absolute atomic E-state index is 0.0266. The van der Waals surface area contributed by atoms with Gasteiger partial charge in [0, 0.05) is 19.3 Å². The molecule has 0 aromatic heterocycles. The summed E-state index contributed by atoms with van der Waals surface area (Å²) >= 11 is 0. The summed E-state index contributed by atoms with van der Waals surface area (Å²) in [5, 5.41) is 9.58. The average Bonchev–Trinajstić information content (AvgIpc) is 3.08. The molecule has 0 spiro atoms. The molecule has 1 N–H and O–H groups in total. The second-order valence-corrected chi connectivity index (χ2v) is 13.4. The van der Waals surface area contributed by atoms with Crippen molar-refractivity contribution in [3.63, 3.8) is 0 Å². The molecule has 8 heteroatoms. The molecule has 0 saturated carbocycles. The second-order valence-electron chi connectivity index (χ2n) is 13.4. The Morgan fingerprint density at radius 1 is 0.588 bits per heavy atom. The van der Waals surface area contributed by atoms with Gasteiger partial charge in [-0.05, 0) is 77.0 Å². The van der Waals surface area contributed by atoms with E-state index < -0.39 is 18.1 Å². The van der Waals surface area contributed by atoms with Crippen LogP contribution in [-0.4, -0.2) is 80.6 Å². The lowest BCUT2D eigenvalue weighted by Gasteiger charge is -2.31. The van der Waals surface area contributed by atoms with Crippen LogP contribution in [0.5, 0.6) is 0 Å². The largest absolute Gasteiger partial charge is 0.477 e. The zero-order valence-electron chi connectivity index (χ0n) is 32.5. The van der Waals surface area contributed by atoms with Crippen molar-refractivity contribution in [3.8, 4) is 0 Å². The molecule has 0 rings (SSSR count). The third-order valence-electron chi connectivity index (χ3n) is 7.79. The van der Waals surface area contributed by atoms with Crippen LogP contribution in [0.3, 0.4) is 0 Å². The van der Waals surface area contributed by atoms with Gasteiger partial charge in [-0.15, -0.1) is 0 Å². The van der Waals surface area contributed by atoms with Gasteiger partial charge < -0.3 is 23.8 Å². The normalized spacial score (nSPS) is 14.0. The average molecular weight is 713 g/mol. The van der Waals surface area contributed by atoms with Crippen molar-refractivity contribution in [1.29, 1.82) is 0 Å². The first-order chi connectivity index (χ1) is 24.6. The highest BCUT2D eigenvalue weighted by Gasteiger charge is 2.31. The fraction of sp³-hybridized carbons (Fsp3) is 0.605. The number of ether oxygens (including phenoxy) is 3. The number of unbranched alkanes of at least 4 members (excludes halogenated alkanes) is 4. The highest BCUT2D eigenvalue weighted by molar-refractivity contribution is 5.72. The minimum Gasteiger partial charge on any atom is -0.477 e. The van der Waals surface area contributed by atoms with E-state index in [1.807, 2.05) is 21.1 Å². The standard InChI is InChI=1S/C43H69NO7/c1-6-8-10-12-14-16-18-19-20-21-22-24-26-28-30-32-34-42(46)51-39(37-49-36-35-40(43(47)48)44(3,4)5)38-50-41(45)33-31-29-27-25-23-17-15-13-11-9-7-2/h8-11,14-17,19-20,22,24-25,27,39-40H,6-7,12-13,18,21,23,26,28-38H2,1-5H3/p+1/b10-8+,11-9+,16-14+,17-15+,20-19+,24-22+,27-25+. The van der Waals surface area contributed by atoms with Gasteiger partial charge in [0.2, 0.25) is 0 Å². The summed E-state index contributed by atoms with van der Waals surface area (Å²) in [6.07, 6.45) is 42.1. The molecule has 0 amide bonds. The highest BCUT2D eigenvalue weighted by Crippen LogP contribution is 2.11. The van der Waals surface area contributed by atoms with Crippen LogP contribution < -0.4 is 0 Å². The van der Waals surface area contributed by atoms with Crippen LogP contribution in [0.2, 0.25) is 0 Å². The van der Waals surface area contributed by atoms with E-state index in [-0.39, 0.29) is 49.1 Å². The summed E-state index contributed by atoms with van der Waals surface area (Å²) in [5.74, 6) is -1.60. The molecule has 0 bridgehead atoms. The van der Waals surface area contributed by atoms with Gasteiger partial charge in [0.05, 0.1) is 34.4 Å². The summed E-state index contributed by atoms with van der Waals surface area (Å²) in [6.45, 7) is 4.37. The van der Waals surface area contributed by atoms with Gasteiger partial charge in [0.15, 0.2) is 12.1 Å². The fourth-order valence-corrected chi connectivity index (χ4v) is 4.87. The molecule has 0 aliphatic heterocycles. The number of aliphatic carboxylic acids is 1. The van der Waals surface area contributed by atoms with Gasteiger partial charge >= 0.3 is 17.9 Å². The van der Waals surface area contributed by atoms with Crippen molar-refractivity contribution in [1.82, 2.24) is 0 Å². The molecule has 51 heavy (non-hydrogen) atoms. The number of carboxylic acid groups (broad SMARTS) is 1. The van der Waals surface area contributed by atoms with Crippen LogP contribution in [0.1, 0.15) is 117 Å². The highest BCUT2D eigenvalue weighted by atomic mass is 16.6. The molecule has 0 aromatic carbocycles. The first-order valence-electron chi connectivity index (χ1n) is 19.1. The molecule has 2 atom stereocenters. The van der Waals surface area contributed by atoms with Gasteiger partial charge in [0.1, 0.15) is 6.61 Å². The third kappa shape index (κ3) is 32.2. The molecule has 0 aliphatic rings. The van der Waals surface area contributed by atoms with E-state index in [2.05, 4.69) is 98.9 Å². The van der Waals surface area contributed by atoms with Crippen molar-refractivity contribution in [3.05, 3.63) is 85.1 Å². The van der Waals surface area contributed by atoms with Crippen LogP contribution in [0.15, 0.2) is 85.1 Å². The molecule has 0 aliphatic carbocycles. The fourth-order valence-electron chi connectivity index (χ4n) is 4.87. The maximum atomic E-state index is 12.6. The minimum atomic E-state index is -0.892. The number of carbonyl (C=O) groups is 3. The first kappa shape index (κ1) is 47.5. The van der Waals surface area contributed by atoms with E-state index in [9.17, 15) is 19.5 Å². The van der Waals surface area contributed by atoms with E-state index in [1.54, 1.807) is 0 Å². The number of carboxylic acids is 1. The summed E-state index contributed by atoms with van der Waals surface area (Å²) in [7, 11) is 5.48. The molecule has 0 radical (unpaired) electrons. The van der Waals surface area contributed by atoms with Gasteiger partial charge in [-0.2, -0.15) is 0 Å². The van der Waals surface area contributed by atoms with E-state index in [0.29, 0.717) is 19.3 Å². The van der Waals surface area contributed by atoms with E-state index in [1.165, 1.54) is 0 Å². The Labute approximate surface area is 310 Å². The Hall–Kier alpha value is -3.49. The summed E-state index contributed by atoms with van der Waals surface area (Å²) < 4.78 is 17.1. The Morgan fingerprint density at radius 3 is 1.55 bits per heavy atom. The molecule has 0 aromatic rings. The maximum absolute atomic E-state index is 12.6. The number of esters is 2. The molecule has 288 valence electrons. The predicted molar refractivity (Wildman–Crippen MR) is 210 cm³/mol. The topological polar surface area (TPSA) is 99.1 Å². The third-order valence-corrected chi connectivity index (χ3v) is 7.79.